The maximum Gasteiger partial charge on any atom is 0.446 e. The molecule has 0 spiro atoms. The van der Waals surface area contributed by atoms with E-state index in [0.717, 1.165) is 86.9 Å². The van der Waals surface area contributed by atoms with Crippen molar-refractivity contribution in [2.24, 2.45) is 4.99 Å². The Morgan fingerprint density at radius 2 is 1.22 bits per heavy atom. The molecule has 24 heteroatoms. The molecule has 5 atom stereocenters. The molecule has 4 aliphatic rings. The molecule has 4 heterocycles. The highest BCUT2D eigenvalue weighted by atomic mass is 127. The summed E-state index contributed by atoms with van der Waals surface area (Å²) in [5.41, 5.74) is 1.41. The zero-order valence-electron chi connectivity index (χ0n) is 54.0. The average Bonchev–Trinajstić information content (AvgIpc) is 1.92. The number of carbonyl (C=O) groups excluding carboxylic acids is 5. The molecule has 4 aromatic carbocycles. The van der Waals surface area contributed by atoms with Crippen LogP contribution in [0.25, 0.3) is 0 Å². The van der Waals surface area contributed by atoms with E-state index in [4.69, 9.17) is 21.7 Å². The van der Waals surface area contributed by atoms with E-state index in [1.165, 1.54) is 48.1 Å². The van der Waals surface area contributed by atoms with Crippen LogP contribution in [0.1, 0.15) is 199 Å². The normalized spacial score (nSPS) is 17.7. The number of alkyl halides is 3. The minimum absolute atomic E-state index is 0. The molecule has 0 bridgehead atoms. The highest BCUT2D eigenvalue weighted by Gasteiger charge is 2.36. The molecule has 12 nitrogen and oxygen atoms in total. The number of rotatable bonds is 7. The molecule has 4 aromatic rings. The summed E-state index contributed by atoms with van der Waals surface area (Å²) < 4.78 is 161. The number of ether oxygens (including phenoxy) is 3. The molecule has 502 valence electrons. The molecule has 3 fully saturated rings. The molecule has 3 amide bonds. The van der Waals surface area contributed by atoms with Crippen LogP contribution in [-0.2, 0) is 23.8 Å². The van der Waals surface area contributed by atoms with Gasteiger partial charge in [0.05, 0.1) is 0 Å². The van der Waals surface area contributed by atoms with Crippen molar-refractivity contribution in [2.45, 2.75) is 216 Å². The van der Waals surface area contributed by atoms with Gasteiger partial charge in [-0.15, -0.1) is 0 Å². The quantitative estimate of drug-likeness (QED) is 0.0605. The van der Waals surface area contributed by atoms with Crippen LogP contribution < -0.4 is 10.6 Å². The van der Waals surface area contributed by atoms with Crippen molar-refractivity contribution in [3.05, 3.63) is 140 Å². The molecule has 8 rings (SSSR count). The number of alkyl carbamates (subject to hydrolysis) is 1. The van der Waals surface area contributed by atoms with Crippen LogP contribution in [0.5, 0.6) is 0 Å². The fraction of sp³-hybridized carbons (Fsp3) is 0.538. The van der Waals surface area contributed by atoms with E-state index in [9.17, 15) is 67.5 Å². The first kappa shape index (κ1) is 81.0. The van der Waals surface area contributed by atoms with E-state index in [-0.39, 0.29) is 49.2 Å². The van der Waals surface area contributed by atoms with Gasteiger partial charge in [-0.25, -0.2) is 49.6 Å². The monoisotopic (exact) mass is 1390 g/mol. The van der Waals surface area contributed by atoms with E-state index >= 15 is 0 Å². The van der Waals surface area contributed by atoms with Gasteiger partial charge >= 0.3 is 18.4 Å². The van der Waals surface area contributed by atoms with E-state index in [2.05, 4.69) is 22.5 Å². The van der Waals surface area contributed by atoms with Gasteiger partial charge in [0.15, 0.2) is 52.3 Å². The maximum absolute atomic E-state index is 13.1. The number of carbonyl (C=O) groups is 5. The standard InChI is InChI=1S/C16H21F2NO3.C11H13F2N.C11H11F2N.C10H17NO3.C6H3F2I.C4H8O.C2HF3O.2C2H6.CH4/c1-10(19-15(21)22-16(2,3)4)5-8-14(20)11-6-7-12(17)13(18)9-11;2*1-7-2-5-11(14-7)8-3-4-9(12)10(13)6-8;1-7-5-6-8(12)11(7)9(13)14-10(2,3)4;7-5-2-1-4(9)3-6(5)8;1-2-4-5-3-1;3-2(4,5)1-6;2*1-2;/h6-7,9-10H,5,8H2,1-4H3,(H,19,21);3-4,6-7,11,14H,2,5H2,1H3;3-4,6-7H,2,5H2,1H3;7H,5-6H2,1-4H3;1-3H;1-4H2;1H;2*1-2H3;1H4/t10-;7-,11-;2*7-;;;;;;/m0000....../s1/i;;;;;;;2*1D;. The van der Waals surface area contributed by atoms with Crippen molar-refractivity contribution in [3.63, 3.8) is 0 Å². The van der Waals surface area contributed by atoms with Crippen molar-refractivity contribution in [1.29, 1.82) is 0 Å². The predicted molar refractivity (Wildman–Crippen MR) is 334 cm³/mol. The zero-order chi connectivity index (χ0) is 69.1. The second kappa shape index (κ2) is 42.9. The topological polar surface area (TPSA) is 153 Å². The Hall–Kier alpha value is -6.02. The fourth-order valence-corrected chi connectivity index (χ4v) is 8.15. The lowest BCUT2D eigenvalue weighted by molar-refractivity contribution is -0.156. The molecule has 0 saturated carbocycles. The van der Waals surface area contributed by atoms with Gasteiger partial charge in [-0.3, -0.25) is 19.4 Å². The van der Waals surface area contributed by atoms with E-state index < -0.39 is 82.4 Å². The Bertz CT molecular complexity index is 2850. The van der Waals surface area contributed by atoms with E-state index in [1.54, 1.807) is 74.4 Å². The molecule has 4 aliphatic heterocycles. The van der Waals surface area contributed by atoms with E-state index in [1.807, 2.05) is 36.4 Å². The highest BCUT2D eigenvalue weighted by Crippen LogP contribution is 2.28. The molecule has 0 aromatic heterocycles. The van der Waals surface area contributed by atoms with Gasteiger partial charge in [0.1, 0.15) is 11.2 Å². The number of likely N-dealkylation sites (tertiary alicyclic amines) is 1. The molecule has 89 heavy (non-hydrogen) atoms. The number of aliphatic imine (C=N–C) groups is 1. The summed E-state index contributed by atoms with van der Waals surface area (Å²) in [5.74, 6) is -7.21. The lowest BCUT2D eigenvalue weighted by Crippen LogP contribution is -2.41. The summed E-state index contributed by atoms with van der Waals surface area (Å²) in [6.45, 7) is 24.9. The molecule has 2 N–H and O–H groups in total. The lowest BCUT2D eigenvalue weighted by Gasteiger charge is -2.25. The number of hydrogen-bond acceptors (Lipinski definition) is 10. The number of hydrogen-bond donors (Lipinski definition) is 2. The number of amides is 3. The van der Waals surface area contributed by atoms with Gasteiger partial charge in [0.2, 0.25) is 12.2 Å². The summed E-state index contributed by atoms with van der Waals surface area (Å²) >= 11 is 1.92. The lowest BCUT2D eigenvalue weighted by atomic mass is 10.0. The largest absolute Gasteiger partial charge is 0.446 e. The Labute approximate surface area is 534 Å². The Morgan fingerprint density at radius 1 is 0.730 bits per heavy atom. The number of imide groups is 1. The summed E-state index contributed by atoms with van der Waals surface area (Å²) in [6, 6.07) is 15.5. The molecule has 0 aliphatic carbocycles. The van der Waals surface area contributed by atoms with Crippen LogP contribution in [0, 0.1) is 50.1 Å². The number of benzene rings is 4. The number of nitrogens with one attached hydrogen (secondary N) is 2. The van der Waals surface area contributed by atoms with Crippen molar-refractivity contribution in [2.75, 3.05) is 13.2 Å². The minimum atomic E-state index is -4.64. The van der Waals surface area contributed by atoms with Gasteiger partial charge in [-0.1, -0.05) is 47.2 Å². The van der Waals surface area contributed by atoms with Crippen molar-refractivity contribution in [3.8, 4) is 0 Å². The molecular formula is C65H90F11IN4O8. The number of nitrogens with zero attached hydrogens (tertiary/aromatic N) is 2. The number of halogens is 12. The maximum atomic E-state index is 13.1. The average molecular weight is 1390 g/mol. The minimum Gasteiger partial charge on any atom is -0.444 e. The van der Waals surface area contributed by atoms with Crippen LogP contribution >= 0.6 is 22.6 Å². The summed E-state index contributed by atoms with van der Waals surface area (Å²) in [7, 11) is 0. The summed E-state index contributed by atoms with van der Waals surface area (Å²) in [6.07, 6.45) is 1.37. The predicted octanol–water partition coefficient (Wildman–Crippen LogP) is 18.3. The fourth-order valence-electron chi connectivity index (χ4n) is 7.70. The van der Waals surface area contributed by atoms with Crippen LogP contribution in [0.15, 0.2) is 77.8 Å². The van der Waals surface area contributed by atoms with Gasteiger partial charge in [-0.05, 0) is 215 Å². The third kappa shape index (κ3) is 36.4. The van der Waals surface area contributed by atoms with Crippen molar-refractivity contribution < 1.29 is 89.2 Å². The van der Waals surface area contributed by atoms with Gasteiger partial charge in [-0.2, -0.15) is 13.2 Å². The molecule has 3 saturated heterocycles. The van der Waals surface area contributed by atoms with Crippen molar-refractivity contribution >= 4 is 58.5 Å². The third-order valence-corrected chi connectivity index (χ3v) is 12.5. The molecular weight excluding hydrogens is 1300 g/mol. The molecule has 0 unspecified atom stereocenters. The Balaban J connectivity index is 0. The second-order valence-corrected chi connectivity index (χ2v) is 23.0. The summed E-state index contributed by atoms with van der Waals surface area (Å²) in [4.78, 5) is 60.6. The van der Waals surface area contributed by atoms with Crippen LogP contribution in [0.4, 0.5) is 57.9 Å². The third-order valence-electron chi connectivity index (χ3n) is 11.9. The number of aldehydes is 1. The first-order valence-electron chi connectivity index (χ1n) is 29.8. The smallest absolute Gasteiger partial charge is 0.444 e. The van der Waals surface area contributed by atoms with Gasteiger partial charge in [0, 0.05) is 73.9 Å². The Kier molecular flexibility index (Phi) is 39.0. The Morgan fingerprint density at radius 3 is 1.62 bits per heavy atom. The van der Waals surface area contributed by atoms with E-state index in [0.29, 0.717) is 47.9 Å². The highest BCUT2D eigenvalue weighted by molar-refractivity contribution is 14.1. The van der Waals surface area contributed by atoms with Crippen LogP contribution in [-0.4, -0.2) is 95.5 Å². The first-order valence-corrected chi connectivity index (χ1v) is 29.5. The second-order valence-electron chi connectivity index (χ2n) is 21.8. The van der Waals surface area contributed by atoms with Crippen molar-refractivity contribution in [1.82, 2.24) is 15.5 Å². The summed E-state index contributed by atoms with van der Waals surface area (Å²) in [5, 5.41) is 5.94. The molecule has 0 radical (unpaired) electrons. The number of Topliss-reactive ketones (excluding diaryl/α,β-unsaturated/α-hetero) is 1. The number of ketones is 1. The first-order chi connectivity index (χ1) is 41.8. The van der Waals surface area contributed by atoms with Gasteiger partial charge in [0.25, 0.3) is 0 Å². The van der Waals surface area contributed by atoms with Crippen LogP contribution in [0.2, 0.25) is 0 Å². The van der Waals surface area contributed by atoms with Crippen LogP contribution in [0.3, 0.4) is 0 Å². The van der Waals surface area contributed by atoms with Gasteiger partial charge < -0.3 is 24.8 Å². The SMILES string of the molecule is C.C1CCOC1.C[C@@H](CCC(=O)c1ccc(F)c(F)c1)NC(=O)OC(C)(C)C.C[C@H]1CCC(=O)N1C(=O)OC(C)(C)C.C[C@H]1CCC(c2ccc(F)c(F)c2)=N1.C[C@H]1CC[C@@H](c2ccc(F)c(F)c2)N1.Fc1ccc(I)cc1F.O=CC(F)(F)F.[2H]CC.[2H]CC. The zero-order valence-corrected chi connectivity index (χ0v) is 54.1.